The van der Waals surface area contributed by atoms with Crippen LogP contribution in [0.25, 0.3) is 0 Å². The Labute approximate surface area is 115 Å². The first kappa shape index (κ1) is 14.4. The molecule has 0 aliphatic heterocycles. The van der Waals surface area contributed by atoms with Crippen molar-refractivity contribution in [2.45, 2.75) is 70.8 Å². The second kappa shape index (κ2) is 5.14. The number of carboxylic acid groups (broad SMARTS) is 1. The Morgan fingerprint density at radius 1 is 1.21 bits per heavy atom. The molecule has 2 saturated carbocycles. The lowest BCUT2D eigenvalue weighted by molar-refractivity contribution is -0.141. The van der Waals surface area contributed by atoms with Crippen molar-refractivity contribution in [3.05, 3.63) is 0 Å². The van der Waals surface area contributed by atoms with Crippen LogP contribution in [0, 0.1) is 11.3 Å². The quantitative estimate of drug-likeness (QED) is 0.823. The van der Waals surface area contributed by atoms with Gasteiger partial charge in [0.05, 0.1) is 12.0 Å². The number of amides is 1. The second-order valence-corrected chi connectivity index (χ2v) is 7.15. The average Bonchev–Trinajstić information content (AvgIpc) is 2.23. The fraction of sp³-hybridized carbons (Fsp3) is 0.867. The molecule has 0 bridgehead atoms. The van der Waals surface area contributed by atoms with Crippen LogP contribution in [0.15, 0.2) is 0 Å². The van der Waals surface area contributed by atoms with Crippen molar-refractivity contribution < 1.29 is 14.7 Å². The van der Waals surface area contributed by atoms with Crippen LogP contribution in [0.3, 0.4) is 0 Å². The monoisotopic (exact) mass is 267 g/mol. The van der Waals surface area contributed by atoms with Gasteiger partial charge in [-0.15, -0.1) is 0 Å². The van der Waals surface area contributed by atoms with Crippen LogP contribution >= 0.6 is 0 Å². The lowest BCUT2D eigenvalue weighted by Crippen LogP contribution is -2.56. The first-order valence-electron chi connectivity index (χ1n) is 7.36. The van der Waals surface area contributed by atoms with Crippen molar-refractivity contribution in [2.75, 3.05) is 0 Å². The summed E-state index contributed by atoms with van der Waals surface area (Å²) >= 11 is 0. The SMILES string of the molecule is CC1(C)CCCC(C(=O)NC2(CC(=O)O)CCC2)C1. The highest BCUT2D eigenvalue weighted by Crippen LogP contribution is 2.40. The predicted octanol–water partition coefficient (Wildman–Crippen LogP) is 2.72. The van der Waals surface area contributed by atoms with Crippen LogP contribution in [-0.2, 0) is 9.59 Å². The third-order valence-corrected chi connectivity index (χ3v) is 4.76. The Hall–Kier alpha value is -1.06. The van der Waals surface area contributed by atoms with Gasteiger partial charge in [-0.2, -0.15) is 0 Å². The summed E-state index contributed by atoms with van der Waals surface area (Å²) in [4.78, 5) is 23.3. The minimum absolute atomic E-state index is 0.0643. The predicted molar refractivity (Wildman–Crippen MR) is 72.7 cm³/mol. The number of carbonyl (C=O) groups excluding carboxylic acids is 1. The van der Waals surface area contributed by atoms with Gasteiger partial charge in [0.15, 0.2) is 0 Å². The van der Waals surface area contributed by atoms with Gasteiger partial charge < -0.3 is 10.4 Å². The summed E-state index contributed by atoms with van der Waals surface area (Å²) in [5.41, 5.74) is -0.218. The van der Waals surface area contributed by atoms with Gasteiger partial charge >= 0.3 is 5.97 Å². The van der Waals surface area contributed by atoms with E-state index in [1.54, 1.807) is 0 Å². The van der Waals surface area contributed by atoms with E-state index >= 15 is 0 Å². The van der Waals surface area contributed by atoms with E-state index in [0.717, 1.165) is 38.5 Å². The van der Waals surface area contributed by atoms with Crippen LogP contribution < -0.4 is 5.32 Å². The molecule has 0 aromatic rings. The molecule has 0 radical (unpaired) electrons. The molecule has 0 heterocycles. The van der Waals surface area contributed by atoms with E-state index in [9.17, 15) is 9.59 Å². The molecule has 1 amide bonds. The van der Waals surface area contributed by atoms with E-state index in [2.05, 4.69) is 19.2 Å². The minimum Gasteiger partial charge on any atom is -0.481 e. The number of rotatable bonds is 4. The topological polar surface area (TPSA) is 66.4 Å². The van der Waals surface area contributed by atoms with E-state index in [-0.39, 0.29) is 23.7 Å². The van der Waals surface area contributed by atoms with Gasteiger partial charge in [0.1, 0.15) is 0 Å². The zero-order valence-electron chi connectivity index (χ0n) is 12.0. The van der Waals surface area contributed by atoms with Crippen molar-refractivity contribution in [1.29, 1.82) is 0 Å². The van der Waals surface area contributed by atoms with E-state index in [1.165, 1.54) is 6.42 Å². The summed E-state index contributed by atoms with van der Waals surface area (Å²) in [5, 5.41) is 12.0. The van der Waals surface area contributed by atoms with Crippen LogP contribution in [0.1, 0.15) is 65.2 Å². The molecule has 2 aliphatic carbocycles. The summed E-state index contributed by atoms with van der Waals surface area (Å²) in [6, 6.07) is 0. The Kier molecular flexibility index (Phi) is 3.88. The summed E-state index contributed by atoms with van der Waals surface area (Å²) in [6.07, 6.45) is 6.83. The Morgan fingerprint density at radius 2 is 1.89 bits per heavy atom. The number of carbonyl (C=O) groups is 2. The molecule has 2 rings (SSSR count). The lowest BCUT2D eigenvalue weighted by atomic mass is 9.70. The van der Waals surface area contributed by atoms with E-state index in [0.29, 0.717) is 0 Å². The fourth-order valence-electron chi connectivity index (χ4n) is 3.52. The molecular formula is C15H25NO3. The summed E-state index contributed by atoms with van der Waals surface area (Å²) in [7, 11) is 0. The maximum Gasteiger partial charge on any atom is 0.305 e. The molecule has 1 unspecified atom stereocenters. The van der Waals surface area contributed by atoms with Crippen molar-refractivity contribution in [3.8, 4) is 0 Å². The molecule has 4 nitrogen and oxygen atoms in total. The average molecular weight is 267 g/mol. The number of hydrogen-bond acceptors (Lipinski definition) is 2. The molecule has 108 valence electrons. The number of aliphatic carboxylic acids is 1. The van der Waals surface area contributed by atoms with Gasteiger partial charge in [-0.3, -0.25) is 9.59 Å². The van der Waals surface area contributed by atoms with Gasteiger partial charge in [-0.05, 0) is 43.9 Å². The third-order valence-electron chi connectivity index (χ3n) is 4.76. The number of hydrogen-bond donors (Lipinski definition) is 2. The molecule has 4 heteroatoms. The van der Waals surface area contributed by atoms with Crippen molar-refractivity contribution in [2.24, 2.45) is 11.3 Å². The van der Waals surface area contributed by atoms with Gasteiger partial charge in [0.25, 0.3) is 0 Å². The Balaban J connectivity index is 1.94. The molecule has 0 aromatic heterocycles. The molecule has 0 saturated heterocycles. The fourth-order valence-corrected chi connectivity index (χ4v) is 3.52. The largest absolute Gasteiger partial charge is 0.481 e. The zero-order valence-corrected chi connectivity index (χ0v) is 12.0. The molecule has 1 atom stereocenters. The van der Waals surface area contributed by atoms with Crippen LogP contribution in [0.4, 0.5) is 0 Å². The molecular weight excluding hydrogens is 242 g/mol. The highest BCUT2D eigenvalue weighted by molar-refractivity contribution is 5.81. The first-order chi connectivity index (χ1) is 8.82. The highest BCUT2D eigenvalue weighted by atomic mass is 16.4. The maximum atomic E-state index is 12.4. The van der Waals surface area contributed by atoms with Gasteiger partial charge in [-0.1, -0.05) is 20.3 Å². The number of carboxylic acids is 1. The van der Waals surface area contributed by atoms with Crippen molar-refractivity contribution >= 4 is 11.9 Å². The standard InChI is InChI=1S/C15H25NO3/c1-14(2)6-3-5-11(9-14)13(19)16-15(7-4-8-15)10-12(17)18/h11H,3-10H2,1-2H3,(H,16,19)(H,17,18). The molecule has 2 aliphatic rings. The van der Waals surface area contributed by atoms with Crippen molar-refractivity contribution in [3.63, 3.8) is 0 Å². The zero-order chi connectivity index (χ0) is 14.1. The normalized spacial score (nSPS) is 28.2. The first-order valence-corrected chi connectivity index (χ1v) is 7.36. The lowest BCUT2D eigenvalue weighted by Gasteiger charge is -2.43. The molecule has 2 fully saturated rings. The van der Waals surface area contributed by atoms with Crippen molar-refractivity contribution in [1.82, 2.24) is 5.32 Å². The van der Waals surface area contributed by atoms with Crippen LogP contribution in [-0.4, -0.2) is 22.5 Å². The molecule has 0 aromatic carbocycles. The highest BCUT2D eigenvalue weighted by Gasteiger charge is 2.42. The minimum atomic E-state index is -0.816. The maximum absolute atomic E-state index is 12.4. The molecule has 2 N–H and O–H groups in total. The summed E-state index contributed by atoms with van der Waals surface area (Å²) in [5.74, 6) is -0.673. The Morgan fingerprint density at radius 3 is 2.37 bits per heavy atom. The van der Waals surface area contributed by atoms with E-state index in [1.807, 2.05) is 0 Å². The van der Waals surface area contributed by atoms with Crippen LogP contribution in [0.2, 0.25) is 0 Å². The van der Waals surface area contributed by atoms with E-state index < -0.39 is 11.5 Å². The Bertz CT molecular complexity index is 372. The molecule has 19 heavy (non-hydrogen) atoms. The van der Waals surface area contributed by atoms with Gasteiger partial charge in [0, 0.05) is 5.92 Å². The van der Waals surface area contributed by atoms with Crippen LogP contribution in [0.5, 0.6) is 0 Å². The van der Waals surface area contributed by atoms with Gasteiger partial charge in [0.2, 0.25) is 5.91 Å². The second-order valence-electron chi connectivity index (χ2n) is 7.15. The van der Waals surface area contributed by atoms with E-state index in [4.69, 9.17) is 5.11 Å². The molecule has 0 spiro atoms. The number of nitrogens with one attached hydrogen (secondary N) is 1. The van der Waals surface area contributed by atoms with Gasteiger partial charge in [-0.25, -0.2) is 0 Å². The summed E-state index contributed by atoms with van der Waals surface area (Å²) < 4.78 is 0. The smallest absolute Gasteiger partial charge is 0.305 e. The third kappa shape index (κ3) is 3.48. The summed E-state index contributed by atoms with van der Waals surface area (Å²) in [6.45, 7) is 4.42.